The fourth-order valence-electron chi connectivity index (χ4n) is 3.82. The van der Waals surface area contributed by atoms with Crippen LogP contribution in [0.25, 0.3) is 22.3 Å². The summed E-state index contributed by atoms with van der Waals surface area (Å²) in [5.74, 6) is 0.0894. The highest BCUT2D eigenvalue weighted by Crippen LogP contribution is 2.32. The average Bonchev–Trinajstić information content (AvgIpc) is 2.77. The first-order chi connectivity index (χ1) is 14.5. The highest BCUT2D eigenvalue weighted by molar-refractivity contribution is 6.30. The Hall–Kier alpha value is -2.79. The molecule has 1 aliphatic rings. The van der Waals surface area contributed by atoms with Crippen molar-refractivity contribution >= 4 is 28.5 Å². The molecule has 30 heavy (non-hydrogen) atoms. The molecule has 0 radical (unpaired) electrons. The van der Waals surface area contributed by atoms with E-state index < -0.39 is 6.10 Å². The van der Waals surface area contributed by atoms with Crippen LogP contribution >= 0.6 is 11.6 Å². The van der Waals surface area contributed by atoms with Gasteiger partial charge in [-0.1, -0.05) is 43.0 Å². The number of halogens is 1. The summed E-state index contributed by atoms with van der Waals surface area (Å²) in [5, 5.41) is 4.03. The monoisotopic (exact) mass is 425 g/mol. The number of carbonyl (C=O) groups is 1. The standard InChI is InChI=1S/C24H24ClNO4/c1-15(24(28)26-18-7-3-2-4-8-18)29-23-21(27)19-9-5-6-10-20(19)30-22(23)16-11-13-17(25)14-12-16/h5-6,9-15,18H,2-4,7-8H2,1H3,(H,26,28). The summed E-state index contributed by atoms with van der Waals surface area (Å²) in [6.45, 7) is 1.65. The van der Waals surface area contributed by atoms with E-state index in [0.29, 0.717) is 21.6 Å². The van der Waals surface area contributed by atoms with E-state index >= 15 is 0 Å². The molecule has 1 amide bonds. The highest BCUT2D eigenvalue weighted by Gasteiger charge is 2.25. The molecule has 156 valence electrons. The summed E-state index contributed by atoms with van der Waals surface area (Å²) in [4.78, 5) is 25.9. The van der Waals surface area contributed by atoms with Crippen molar-refractivity contribution in [1.82, 2.24) is 5.32 Å². The maximum absolute atomic E-state index is 13.2. The van der Waals surface area contributed by atoms with Gasteiger partial charge < -0.3 is 14.5 Å². The molecule has 1 aliphatic carbocycles. The molecular formula is C24H24ClNO4. The van der Waals surface area contributed by atoms with Crippen LogP contribution in [0, 0.1) is 0 Å². The molecule has 5 nitrogen and oxygen atoms in total. The van der Waals surface area contributed by atoms with Crippen LogP contribution in [0.1, 0.15) is 39.0 Å². The zero-order chi connectivity index (χ0) is 21.1. The van der Waals surface area contributed by atoms with Crippen LogP contribution in [0.2, 0.25) is 5.02 Å². The van der Waals surface area contributed by atoms with Gasteiger partial charge in [-0.25, -0.2) is 0 Å². The molecule has 4 rings (SSSR count). The maximum Gasteiger partial charge on any atom is 0.261 e. The molecule has 1 saturated carbocycles. The van der Waals surface area contributed by atoms with Crippen molar-refractivity contribution < 1.29 is 13.9 Å². The third kappa shape index (κ3) is 4.36. The molecule has 6 heteroatoms. The van der Waals surface area contributed by atoms with Gasteiger partial charge in [0.15, 0.2) is 11.9 Å². The van der Waals surface area contributed by atoms with Gasteiger partial charge in [0.1, 0.15) is 5.58 Å². The second-order valence-corrected chi connectivity index (χ2v) is 8.13. The summed E-state index contributed by atoms with van der Waals surface area (Å²) in [6, 6.07) is 14.1. The molecule has 0 aliphatic heterocycles. The Morgan fingerprint density at radius 1 is 1.10 bits per heavy atom. The molecule has 1 unspecified atom stereocenters. The number of amides is 1. The Morgan fingerprint density at radius 2 is 1.80 bits per heavy atom. The van der Waals surface area contributed by atoms with Crippen molar-refractivity contribution in [2.75, 3.05) is 0 Å². The van der Waals surface area contributed by atoms with E-state index in [9.17, 15) is 9.59 Å². The Kier molecular flexibility index (Phi) is 6.09. The second kappa shape index (κ2) is 8.92. The smallest absolute Gasteiger partial charge is 0.261 e. The van der Waals surface area contributed by atoms with Gasteiger partial charge in [-0.15, -0.1) is 0 Å². The Labute approximate surface area is 180 Å². The number of nitrogens with one attached hydrogen (secondary N) is 1. The quantitative estimate of drug-likeness (QED) is 0.599. The number of benzene rings is 2. The highest BCUT2D eigenvalue weighted by atomic mass is 35.5. The first kappa shape index (κ1) is 20.5. The van der Waals surface area contributed by atoms with E-state index in [1.165, 1.54) is 6.42 Å². The molecule has 1 aromatic heterocycles. The molecule has 1 atom stereocenters. The van der Waals surface area contributed by atoms with Crippen LogP contribution in [0.3, 0.4) is 0 Å². The lowest BCUT2D eigenvalue weighted by molar-refractivity contribution is -0.128. The number of hydrogen-bond donors (Lipinski definition) is 1. The van der Waals surface area contributed by atoms with Crippen LogP contribution in [0.5, 0.6) is 5.75 Å². The predicted octanol–water partition coefficient (Wildman–Crippen LogP) is 5.33. The Balaban J connectivity index is 1.68. The minimum Gasteiger partial charge on any atom is -0.473 e. The zero-order valence-corrected chi connectivity index (χ0v) is 17.6. The minimum atomic E-state index is -0.831. The lowest BCUT2D eigenvalue weighted by Crippen LogP contribution is -2.43. The Bertz CT molecular complexity index is 1100. The van der Waals surface area contributed by atoms with E-state index in [-0.39, 0.29) is 28.9 Å². The van der Waals surface area contributed by atoms with Gasteiger partial charge in [0.2, 0.25) is 11.2 Å². The van der Waals surface area contributed by atoms with Crippen molar-refractivity contribution in [1.29, 1.82) is 0 Å². The molecule has 2 aromatic carbocycles. The Morgan fingerprint density at radius 3 is 2.53 bits per heavy atom. The van der Waals surface area contributed by atoms with Gasteiger partial charge in [-0.05, 0) is 56.2 Å². The number of fused-ring (bicyclic) bond motifs is 1. The summed E-state index contributed by atoms with van der Waals surface area (Å²) in [6.07, 6.45) is 4.58. The van der Waals surface area contributed by atoms with Gasteiger partial charge in [-0.3, -0.25) is 9.59 Å². The topological polar surface area (TPSA) is 68.5 Å². The van der Waals surface area contributed by atoms with Gasteiger partial charge >= 0.3 is 0 Å². The van der Waals surface area contributed by atoms with E-state index in [1.54, 1.807) is 55.5 Å². The molecule has 3 aromatic rings. The third-order valence-electron chi connectivity index (χ3n) is 5.48. The summed E-state index contributed by atoms with van der Waals surface area (Å²) in [7, 11) is 0. The number of rotatable bonds is 5. The summed E-state index contributed by atoms with van der Waals surface area (Å²) in [5.41, 5.74) is 0.801. The second-order valence-electron chi connectivity index (χ2n) is 7.70. The largest absolute Gasteiger partial charge is 0.473 e. The van der Waals surface area contributed by atoms with Crippen molar-refractivity contribution in [3.8, 4) is 17.1 Å². The van der Waals surface area contributed by atoms with Crippen molar-refractivity contribution in [2.45, 2.75) is 51.2 Å². The van der Waals surface area contributed by atoms with Crippen LogP contribution in [-0.2, 0) is 4.79 Å². The summed E-state index contributed by atoms with van der Waals surface area (Å²) >= 11 is 6.01. The van der Waals surface area contributed by atoms with Crippen molar-refractivity contribution in [3.63, 3.8) is 0 Å². The molecule has 1 N–H and O–H groups in total. The number of ether oxygens (including phenoxy) is 1. The average molecular weight is 426 g/mol. The molecule has 1 fully saturated rings. The minimum absolute atomic E-state index is 0.0299. The first-order valence-corrected chi connectivity index (χ1v) is 10.7. The first-order valence-electron chi connectivity index (χ1n) is 10.3. The molecular weight excluding hydrogens is 402 g/mol. The van der Waals surface area contributed by atoms with E-state index in [0.717, 1.165) is 25.7 Å². The molecule has 0 bridgehead atoms. The number of para-hydroxylation sites is 1. The van der Waals surface area contributed by atoms with E-state index in [4.69, 9.17) is 20.8 Å². The third-order valence-corrected chi connectivity index (χ3v) is 5.73. The predicted molar refractivity (Wildman–Crippen MR) is 118 cm³/mol. The van der Waals surface area contributed by atoms with E-state index in [1.807, 2.05) is 0 Å². The van der Waals surface area contributed by atoms with Crippen LogP contribution < -0.4 is 15.5 Å². The van der Waals surface area contributed by atoms with Crippen LogP contribution in [0.15, 0.2) is 57.7 Å². The SMILES string of the molecule is CC(Oc1c(-c2ccc(Cl)cc2)oc2ccccc2c1=O)C(=O)NC1CCCCC1. The van der Waals surface area contributed by atoms with Crippen LogP contribution in [-0.4, -0.2) is 18.1 Å². The zero-order valence-electron chi connectivity index (χ0n) is 16.8. The van der Waals surface area contributed by atoms with Crippen LogP contribution in [0.4, 0.5) is 0 Å². The lowest BCUT2D eigenvalue weighted by Gasteiger charge is -2.24. The lowest BCUT2D eigenvalue weighted by atomic mass is 9.95. The maximum atomic E-state index is 13.2. The van der Waals surface area contributed by atoms with Gasteiger partial charge in [0.05, 0.1) is 5.39 Å². The fraction of sp³-hybridized carbons (Fsp3) is 0.333. The molecule has 0 saturated heterocycles. The normalized spacial score (nSPS) is 15.7. The molecule has 1 heterocycles. The number of carbonyl (C=O) groups excluding carboxylic acids is 1. The molecule has 0 spiro atoms. The van der Waals surface area contributed by atoms with Crippen molar-refractivity contribution in [3.05, 3.63) is 63.8 Å². The van der Waals surface area contributed by atoms with Gasteiger partial charge in [-0.2, -0.15) is 0 Å². The van der Waals surface area contributed by atoms with Gasteiger partial charge in [0.25, 0.3) is 5.91 Å². The summed E-state index contributed by atoms with van der Waals surface area (Å²) < 4.78 is 12.0. The van der Waals surface area contributed by atoms with Gasteiger partial charge in [0, 0.05) is 16.6 Å². The number of hydrogen-bond acceptors (Lipinski definition) is 4. The van der Waals surface area contributed by atoms with Crippen molar-refractivity contribution in [2.24, 2.45) is 0 Å². The van der Waals surface area contributed by atoms with E-state index in [2.05, 4.69) is 5.32 Å². The fourth-order valence-corrected chi connectivity index (χ4v) is 3.95.